The third-order valence-corrected chi connectivity index (χ3v) is 4.91. The summed E-state index contributed by atoms with van der Waals surface area (Å²) in [4.78, 5) is 26.9. The van der Waals surface area contributed by atoms with Crippen molar-refractivity contribution in [2.45, 2.75) is 19.8 Å². The van der Waals surface area contributed by atoms with Gasteiger partial charge in [0.2, 0.25) is 5.91 Å². The van der Waals surface area contributed by atoms with Crippen LogP contribution in [0.5, 0.6) is 5.75 Å². The molecule has 1 N–H and O–H groups in total. The van der Waals surface area contributed by atoms with Gasteiger partial charge in [0.1, 0.15) is 5.75 Å². The lowest BCUT2D eigenvalue weighted by Crippen LogP contribution is -2.23. The Bertz CT molecular complexity index is 1040. The number of carbonyl (C=O) groups excluding carboxylic acids is 2. The van der Waals surface area contributed by atoms with Crippen LogP contribution in [-0.4, -0.2) is 25.0 Å². The van der Waals surface area contributed by atoms with Gasteiger partial charge >= 0.3 is 0 Å². The van der Waals surface area contributed by atoms with E-state index in [-0.39, 0.29) is 11.8 Å². The molecule has 142 valence electrons. The molecule has 1 aliphatic rings. The molecule has 1 saturated heterocycles. The molecule has 2 amide bonds. The molecule has 1 aliphatic heterocycles. The minimum atomic E-state index is -0.231. The zero-order chi connectivity index (χ0) is 19.5. The van der Waals surface area contributed by atoms with Crippen LogP contribution >= 0.6 is 0 Å². The van der Waals surface area contributed by atoms with Gasteiger partial charge in [-0.3, -0.25) is 9.59 Å². The molecular weight excluding hydrogens is 352 g/mol. The maximum absolute atomic E-state index is 13.1. The molecule has 4 rings (SSSR count). The zero-order valence-corrected chi connectivity index (χ0v) is 15.8. The summed E-state index contributed by atoms with van der Waals surface area (Å²) in [6.07, 6.45) is 1.44. The Morgan fingerprint density at radius 1 is 1.11 bits per heavy atom. The summed E-state index contributed by atoms with van der Waals surface area (Å²) in [5, 5.41) is 4.79. The highest BCUT2D eigenvalue weighted by Gasteiger charge is 2.22. The summed E-state index contributed by atoms with van der Waals surface area (Å²) < 4.78 is 5.71. The molecule has 5 heteroatoms. The van der Waals surface area contributed by atoms with E-state index in [0.717, 1.165) is 22.9 Å². The number of hydrogen-bond acceptors (Lipinski definition) is 3. The van der Waals surface area contributed by atoms with E-state index in [0.29, 0.717) is 36.6 Å². The first-order valence-electron chi connectivity index (χ1n) is 9.53. The topological polar surface area (TPSA) is 58.6 Å². The number of benzene rings is 3. The first kappa shape index (κ1) is 18.0. The fourth-order valence-electron chi connectivity index (χ4n) is 3.63. The van der Waals surface area contributed by atoms with E-state index in [2.05, 4.69) is 5.32 Å². The van der Waals surface area contributed by atoms with Crippen molar-refractivity contribution in [1.29, 1.82) is 0 Å². The van der Waals surface area contributed by atoms with Crippen molar-refractivity contribution >= 4 is 34.0 Å². The molecule has 0 radical (unpaired) electrons. The molecule has 0 aromatic heterocycles. The maximum Gasteiger partial charge on any atom is 0.260 e. The van der Waals surface area contributed by atoms with Gasteiger partial charge in [0.25, 0.3) is 5.91 Å². The van der Waals surface area contributed by atoms with Crippen LogP contribution in [0.25, 0.3) is 10.8 Å². The molecule has 3 aromatic rings. The van der Waals surface area contributed by atoms with Crippen molar-refractivity contribution in [1.82, 2.24) is 0 Å². The number of anilines is 2. The molecule has 0 atom stereocenters. The first-order chi connectivity index (χ1) is 13.7. The van der Waals surface area contributed by atoms with Crippen molar-refractivity contribution in [3.8, 4) is 5.75 Å². The van der Waals surface area contributed by atoms with Gasteiger partial charge in [-0.15, -0.1) is 0 Å². The van der Waals surface area contributed by atoms with E-state index >= 15 is 0 Å². The molecule has 0 spiro atoms. The molecule has 5 nitrogen and oxygen atoms in total. The third kappa shape index (κ3) is 3.43. The van der Waals surface area contributed by atoms with Crippen LogP contribution in [0, 0.1) is 0 Å². The van der Waals surface area contributed by atoms with Gasteiger partial charge in [-0.2, -0.15) is 0 Å². The van der Waals surface area contributed by atoms with Crippen LogP contribution in [0.4, 0.5) is 11.4 Å². The molecule has 0 saturated carbocycles. The lowest BCUT2D eigenvalue weighted by atomic mass is 10.0. The second kappa shape index (κ2) is 7.72. The highest BCUT2D eigenvalue weighted by Crippen LogP contribution is 2.30. The standard InChI is InChI=1S/C23H22N2O3/c1-2-28-20-13-12-16-7-3-4-10-19(16)22(20)23(27)24-17-8-5-9-18(15-17)25-14-6-11-21(25)26/h3-5,7-10,12-13,15H,2,6,11,14H2,1H3,(H,24,27). The van der Waals surface area contributed by atoms with E-state index in [9.17, 15) is 9.59 Å². The van der Waals surface area contributed by atoms with E-state index in [4.69, 9.17) is 4.74 Å². The van der Waals surface area contributed by atoms with Gasteiger partial charge in [-0.1, -0.05) is 36.4 Å². The normalized spacial score (nSPS) is 13.8. The number of fused-ring (bicyclic) bond motifs is 1. The Morgan fingerprint density at radius 3 is 2.75 bits per heavy atom. The summed E-state index contributed by atoms with van der Waals surface area (Å²) in [7, 11) is 0. The first-order valence-corrected chi connectivity index (χ1v) is 9.53. The lowest BCUT2D eigenvalue weighted by molar-refractivity contribution is -0.117. The number of carbonyl (C=O) groups is 2. The van der Waals surface area contributed by atoms with Crippen LogP contribution in [0.1, 0.15) is 30.1 Å². The smallest absolute Gasteiger partial charge is 0.260 e. The van der Waals surface area contributed by atoms with E-state index in [1.165, 1.54) is 0 Å². The number of nitrogens with one attached hydrogen (secondary N) is 1. The number of hydrogen-bond donors (Lipinski definition) is 1. The highest BCUT2D eigenvalue weighted by molar-refractivity contribution is 6.15. The summed E-state index contributed by atoms with van der Waals surface area (Å²) >= 11 is 0. The van der Waals surface area contributed by atoms with Gasteiger partial charge in [-0.25, -0.2) is 0 Å². The van der Waals surface area contributed by atoms with Crippen molar-refractivity contribution < 1.29 is 14.3 Å². The third-order valence-electron chi connectivity index (χ3n) is 4.91. The van der Waals surface area contributed by atoms with Crippen LogP contribution in [0.3, 0.4) is 0 Å². The van der Waals surface area contributed by atoms with Gasteiger partial charge < -0.3 is 15.0 Å². The number of nitrogens with zero attached hydrogens (tertiary/aromatic N) is 1. The fourth-order valence-corrected chi connectivity index (χ4v) is 3.63. The van der Waals surface area contributed by atoms with Crippen LogP contribution in [0.15, 0.2) is 60.7 Å². The molecule has 0 unspecified atom stereocenters. The van der Waals surface area contributed by atoms with Crippen LogP contribution < -0.4 is 15.0 Å². The Morgan fingerprint density at radius 2 is 1.96 bits per heavy atom. The maximum atomic E-state index is 13.1. The van der Waals surface area contributed by atoms with Gasteiger partial charge in [0, 0.05) is 24.3 Å². The van der Waals surface area contributed by atoms with E-state index < -0.39 is 0 Å². The molecule has 28 heavy (non-hydrogen) atoms. The summed E-state index contributed by atoms with van der Waals surface area (Å²) in [5.74, 6) is 0.450. The Balaban J connectivity index is 1.67. The summed E-state index contributed by atoms with van der Waals surface area (Å²) in [6.45, 7) is 3.09. The average molecular weight is 374 g/mol. The van der Waals surface area contributed by atoms with Crippen molar-refractivity contribution in [2.75, 3.05) is 23.4 Å². The number of ether oxygens (including phenoxy) is 1. The largest absolute Gasteiger partial charge is 0.493 e. The predicted octanol–water partition coefficient (Wildman–Crippen LogP) is 4.62. The summed E-state index contributed by atoms with van der Waals surface area (Å²) in [5.41, 5.74) is 1.98. The fraction of sp³-hybridized carbons (Fsp3) is 0.217. The molecule has 0 aliphatic carbocycles. The van der Waals surface area contributed by atoms with E-state index in [1.807, 2.05) is 67.6 Å². The predicted molar refractivity (Wildman–Crippen MR) is 111 cm³/mol. The quantitative estimate of drug-likeness (QED) is 0.709. The van der Waals surface area contributed by atoms with Gasteiger partial charge in [0.15, 0.2) is 0 Å². The zero-order valence-electron chi connectivity index (χ0n) is 15.8. The molecule has 3 aromatic carbocycles. The SMILES string of the molecule is CCOc1ccc2ccccc2c1C(=O)Nc1cccc(N2CCCC2=O)c1. The number of amides is 2. The van der Waals surface area contributed by atoms with Gasteiger partial charge in [0.05, 0.1) is 12.2 Å². The Kier molecular flexibility index (Phi) is 4.98. The van der Waals surface area contributed by atoms with Crippen molar-refractivity contribution in [2.24, 2.45) is 0 Å². The van der Waals surface area contributed by atoms with Crippen LogP contribution in [-0.2, 0) is 4.79 Å². The summed E-state index contributed by atoms with van der Waals surface area (Å²) in [6, 6.07) is 18.9. The molecule has 1 heterocycles. The molecule has 1 fully saturated rings. The van der Waals surface area contributed by atoms with Crippen molar-refractivity contribution in [3.05, 3.63) is 66.2 Å². The number of rotatable bonds is 5. The lowest BCUT2D eigenvalue weighted by Gasteiger charge is -2.17. The van der Waals surface area contributed by atoms with E-state index in [1.54, 1.807) is 4.90 Å². The van der Waals surface area contributed by atoms with Crippen LogP contribution in [0.2, 0.25) is 0 Å². The minimum Gasteiger partial charge on any atom is -0.493 e. The average Bonchev–Trinajstić information content (AvgIpc) is 3.14. The highest BCUT2D eigenvalue weighted by atomic mass is 16.5. The second-order valence-electron chi connectivity index (χ2n) is 6.75. The van der Waals surface area contributed by atoms with Crippen molar-refractivity contribution in [3.63, 3.8) is 0 Å². The molecular formula is C23H22N2O3. The Labute approximate surface area is 163 Å². The minimum absolute atomic E-state index is 0.121. The Hall–Kier alpha value is -3.34. The van der Waals surface area contributed by atoms with Gasteiger partial charge in [-0.05, 0) is 48.4 Å². The monoisotopic (exact) mass is 374 g/mol. The molecule has 0 bridgehead atoms. The second-order valence-corrected chi connectivity index (χ2v) is 6.75.